The molecule has 1 unspecified atom stereocenters. The normalized spacial score (nSPS) is 20.7. The van der Waals surface area contributed by atoms with Gasteiger partial charge < -0.3 is 15.2 Å². The minimum atomic E-state index is -0.545. The molecule has 8 nitrogen and oxygen atoms in total. The standard InChI is InChI=1S/C17H18FN5O3/c18-10-4-5-11-12(7-10)21-16(20-11)13-3-1-2-6-22(13)15(25)9-23-14(24)8-19-17(23)26/h4-5,7,13H,1-3,6,8-9H2,(H,19,26)(H,20,21). The number of H-pyrrole nitrogens is 1. The summed E-state index contributed by atoms with van der Waals surface area (Å²) in [6.45, 7) is 0.166. The largest absolute Gasteiger partial charge is 0.340 e. The maximum Gasteiger partial charge on any atom is 0.325 e. The molecule has 2 fully saturated rings. The Morgan fingerprint density at radius 1 is 1.31 bits per heavy atom. The maximum absolute atomic E-state index is 13.4. The zero-order chi connectivity index (χ0) is 18.3. The first-order valence-electron chi connectivity index (χ1n) is 8.56. The number of imidazole rings is 1. The van der Waals surface area contributed by atoms with Crippen LogP contribution in [0.25, 0.3) is 11.0 Å². The van der Waals surface area contributed by atoms with Crippen molar-refractivity contribution in [1.29, 1.82) is 0 Å². The minimum Gasteiger partial charge on any atom is -0.340 e. The third kappa shape index (κ3) is 2.89. The number of aromatic amines is 1. The average molecular weight is 359 g/mol. The minimum absolute atomic E-state index is 0.0787. The molecule has 2 aromatic rings. The number of carbonyl (C=O) groups excluding carboxylic acids is 3. The van der Waals surface area contributed by atoms with E-state index in [2.05, 4.69) is 15.3 Å². The van der Waals surface area contributed by atoms with Crippen molar-refractivity contribution in [3.8, 4) is 0 Å². The van der Waals surface area contributed by atoms with Gasteiger partial charge in [-0.3, -0.25) is 14.5 Å². The summed E-state index contributed by atoms with van der Waals surface area (Å²) in [5.74, 6) is -0.471. The van der Waals surface area contributed by atoms with Crippen LogP contribution in [0.2, 0.25) is 0 Å². The lowest BCUT2D eigenvalue weighted by atomic mass is 10.0. The summed E-state index contributed by atoms with van der Waals surface area (Å²) in [5, 5.41) is 2.41. The first-order valence-corrected chi connectivity index (χ1v) is 8.56. The van der Waals surface area contributed by atoms with Gasteiger partial charge in [0.15, 0.2) is 0 Å². The van der Waals surface area contributed by atoms with Gasteiger partial charge in [-0.25, -0.2) is 14.2 Å². The number of piperidine rings is 1. The van der Waals surface area contributed by atoms with Crippen LogP contribution in [-0.4, -0.2) is 57.2 Å². The van der Waals surface area contributed by atoms with E-state index in [-0.39, 0.29) is 30.9 Å². The van der Waals surface area contributed by atoms with Crippen LogP contribution in [0.15, 0.2) is 18.2 Å². The van der Waals surface area contributed by atoms with E-state index in [4.69, 9.17) is 0 Å². The Hall–Kier alpha value is -2.97. The molecule has 9 heteroatoms. The molecule has 1 atom stereocenters. The van der Waals surface area contributed by atoms with Crippen molar-refractivity contribution in [2.75, 3.05) is 19.6 Å². The van der Waals surface area contributed by atoms with Gasteiger partial charge in [-0.05, 0) is 37.5 Å². The van der Waals surface area contributed by atoms with E-state index in [1.807, 2.05) is 0 Å². The van der Waals surface area contributed by atoms with E-state index in [0.29, 0.717) is 29.8 Å². The highest BCUT2D eigenvalue weighted by Gasteiger charge is 2.35. The number of nitrogens with one attached hydrogen (secondary N) is 2. The third-order valence-corrected chi connectivity index (χ3v) is 4.83. The van der Waals surface area contributed by atoms with Crippen molar-refractivity contribution >= 4 is 28.9 Å². The summed E-state index contributed by atoms with van der Waals surface area (Å²) in [5.41, 5.74) is 1.21. The zero-order valence-corrected chi connectivity index (χ0v) is 14.0. The first-order chi connectivity index (χ1) is 12.5. The fourth-order valence-corrected chi connectivity index (χ4v) is 3.52. The van der Waals surface area contributed by atoms with E-state index < -0.39 is 11.9 Å². The molecule has 2 aliphatic rings. The van der Waals surface area contributed by atoms with E-state index in [9.17, 15) is 18.8 Å². The van der Waals surface area contributed by atoms with Crippen molar-refractivity contribution in [2.45, 2.75) is 25.3 Å². The molecule has 0 bridgehead atoms. The molecule has 3 heterocycles. The molecule has 0 saturated carbocycles. The monoisotopic (exact) mass is 359 g/mol. The molecule has 0 aliphatic carbocycles. The number of aromatic nitrogens is 2. The molecule has 0 radical (unpaired) electrons. The number of carbonyl (C=O) groups is 3. The van der Waals surface area contributed by atoms with Gasteiger partial charge in [0.25, 0.3) is 5.91 Å². The van der Waals surface area contributed by atoms with Crippen LogP contribution in [-0.2, 0) is 9.59 Å². The average Bonchev–Trinajstić information content (AvgIpc) is 3.19. The van der Waals surface area contributed by atoms with Crippen LogP contribution in [0.4, 0.5) is 9.18 Å². The SMILES string of the molecule is O=C1CNC(=O)N1CC(=O)N1CCCCC1c1nc2ccc(F)cc2[nH]1. The molecule has 4 rings (SSSR count). The molecule has 0 spiro atoms. The van der Waals surface area contributed by atoms with E-state index >= 15 is 0 Å². The maximum atomic E-state index is 13.4. The zero-order valence-electron chi connectivity index (χ0n) is 14.0. The Bertz CT molecular complexity index is 880. The molecule has 136 valence electrons. The predicted molar refractivity (Wildman–Crippen MR) is 89.5 cm³/mol. The van der Waals surface area contributed by atoms with Crippen LogP contribution in [0.1, 0.15) is 31.1 Å². The number of likely N-dealkylation sites (tertiary alicyclic amines) is 1. The Morgan fingerprint density at radius 2 is 2.15 bits per heavy atom. The number of amides is 4. The molecular weight excluding hydrogens is 341 g/mol. The molecule has 2 N–H and O–H groups in total. The Kier molecular flexibility index (Phi) is 4.06. The van der Waals surface area contributed by atoms with E-state index in [0.717, 1.165) is 17.7 Å². The molecule has 2 aliphatic heterocycles. The molecule has 1 aromatic carbocycles. The number of benzene rings is 1. The lowest BCUT2D eigenvalue weighted by molar-refractivity contribution is -0.139. The fraction of sp³-hybridized carbons (Fsp3) is 0.412. The van der Waals surface area contributed by atoms with Gasteiger partial charge in [0.1, 0.15) is 18.2 Å². The van der Waals surface area contributed by atoms with E-state index in [1.54, 1.807) is 11.0 Å². The van der Waals surface area contributed by atoms with Crippen LogP contribution >= 0.6 is 0 Å². The van der Waals surface area contributed by atoms with Gasteiger partial charge in [-0.15, -0.1) is 0 Å². The van der Waals surface area contributed by atoms with Crippen molar-refractivity contribution in [1.82, 2.24) is 25.1 Å². The number of imide groups is 1. The van der Waals surface area contributed by atoms with Gasteiger partial charge in [-0.2, -0.15) is 0 Å². The lowest BCUT2D eigenvalue weighted by Gasteiger charge is -2.35. The smallest absolute Gasteiger partial charge is 0.325 e. The summed E-state index contributed by atoms with van der Waals surface area (Å²) in [6.07, 6.45) is 2.49. The fourth-order valence-electron chi connectivity index (χ4n) is 3.52. The lowest BCUT2D eigenvalue weighted by Crippen LogP contribution is -2.46. The summed E-state index contributed by atoms with van der Waals surface area (Å²) >= 11 is 0. The molecule has 4 amide bonds. The molecule has 2 saturated heterocycles. The summed E-state index contributed by atoms with van der Waals surface area (Å²) in [6, 6.07) is 3.47. The van der Waals surface area contributed by atoms with Crippen molar-refractivity contribution < 1.29 is 18.8 Å². The van der Waals surface area contributed by atoms with Gasteiger partial charge >= 0.3 is 6.03 Å². The topological polar surface area (TPSA) is 98.4 Å². The number of hydrogen-bond acceptors (Lipinski definition) is 4. The second-order valence-electron chi connectivity index (χ2n) is 6.52. The molecule has 1 aromatic heterocycles. The first kappa shape index (κ1) is 16.5. The third-order valence-electron chi connectivity index (χ3n) is 4.83. The Balaban J connectivity index is 1.58. The number of nitrogens with zero attached hydrogens (tertiary/aromatic N) is 3. The summed E-state index contributed by atoms with van der Waals surface area (Å²) < 4.78 is 13.4. The Morgan fingerprint density at radius 3 is 2.92 bits per heavy atom. The molecular formula is C17H18FN5O3. The second kappa shape index (κ2) is 6.40. The number of hydrogen-bond donors (Lipinski definition) is 2. The summed E-state index contributed by atoms with van der Waals surface area (Å²) in [7, 11) is 0. The van der Waals surface area contributed by atoms with Gasteiger partial charge in [0.05, 0.1) is 23.6 Å². The number of urea groups is 1. The predicted octanol–water partition coefficient (Wildman–Crippen LogP) is 1.31. The van der Waals surface area contributed by atoms with Gasteiger partial charge in [-0.1, -0.05) is 0 Å². The molecule has 26 heavy (non-hydrogen) atoms. The summed E-state index contributed by atoms with van der Waals surface area (Å²) in [4.78, 5) is 46.3. The highest BCUT2D eigenvalue weighted by Crippen LogP contribution is 2.31. The second-order valence-corrected chi connectivity index (χ2v) is 6.52. The van der Waals surface area contributed by atoms with Gasteiger partial charge in [0, 0.05) is 6.54 Å². The van der Waals surface area contributed by atoms with Crippen LogP contribution < -0.4 is 5.32 Å². The number of rotatable bonds is 3. The van der Waals surface area contributed by atoms with E-state index in [1.165, 1.54) is 12.1 Å². The van der Waals surface area contributed by atoms with Crippen LogP contribution in [0.3, 0.4) is 0 Å². The number of fused-ring (bicyclic) bond motifs is 1. The number of halogens is 1. The van der Waals surface area contributed by atoms with Crippen molar-refractivity contribution in [3.05, 3.63) is 29.8 Å². The van der Waals surface area contributed by atoms with Gasteiger partial charge in [0.2, 0.25) is 5.91 Å². The van der Waals surface area contributed by atoms with Crippen LogP contribution in [0, 0.1) is 5.82 Å². The Labute approximate surface area is 148 Å². The van der Waals surface area contributed by atoms with Crippen molar-refractivity contribution in [2.24, 2.45) is 0 Å². The highest BCUT2D eigenvalue weighted by molar-refractivity contribution is 6.04. The van der Waals surface area contributed by atoms with Crippen molar-refractivity contribution in [3.63, 3.8) is 0 Å². The highest BCUT2D eigenvalue weighted by atomic mass is 19.1. The van der Waals surface area contributed by atoms with Crippen LogP contribution in [0.5, 0.6) is 0 Å². The quantitative estimate of drug-likeness (QED) is 0.807.